The van der Waals surface area contributed by atoms with Gasteiger partial charge in [0.1, 0.15) is 28.9 Å². The highest BCUT2D eigenvalue weighted by molar-refractivity contribution is 7.10. The van der Waals surface area contributed by atoms with E-state index in [4.69, 9.17) is 14.7 Å². The summed E-state index contributed by atoms with van der Waals surface area (Å²) < 4.78 is 85.1. The van der Waals surface area contributed by atoms with Crippen molar-refractivity contribution in [2.24, 2.45) is 0 Å². The van der Waals surface area contributed by atoms with E-state index in [1.54, 1.807) is 67.2 Å². The molecule has 1 N–H and O–H groups in total. The molecule has 16 heteroatoms. The summed E-state index contributed by atoms with van der Waals surface area (Å²) >= 11 is 1.04. The van der Waals surface area contributed by atoms with Crippen LogP contribution in [-0.2, 0) is 33.0 Å². The Bertz CT molecular complexity index is 2120. The number of hydrogen-bond donors (Lipinski definition) is 1. The number of ether oxygens (including phenoxy) is 2. The smallest absolute Gasteiger partial charge is 0.443 e. The molecule has 0 unspecified atom stereocenters. The van der Waals surface area contributed by atoms with E-state index >= 15 is 4.39 Å². The second-order valence-corrected chi connectivity index (χ2v) is 13.0. The van der Waals surface area contributed by atoms with Crippen molar-refractivity contribution < 1.29 is 45.6 Å². The Morgan fingerprint density at radius 2 is 1.77 bits per heavy atom. The van der Waals surface area contributed by atoms with Gasteiger partial charge in [-0.15, -0.1) is 16.0 Å². The van der Waals surface area contributed by atoms with E-state index in [-0.39, 0.29) is 18.1 Å². The summed E-state index contributed by atoms with van der Waals surface area (Å²) in [6, 6.07) is 14.4. The third-order valence-corrected chi connectivity index (χ3v) is 9.27. The highest BCUT2D eigenvalue weighted by Crippen LogP contribution is 2.45. The number of nitriles is 1. The van der Waals surface area contributed by atoms with Crippen LogP contribution in [0.15, 0.2) is 72.6 Å². The molecule has 52 heavy (non-hydrogen) atoms. The molecule has 0 saturated carbocycles. The second-order valence-electron chi connectivity index (χ2n) is 12.1. The van der Waals surface area contributed by atoms with Crippen LogP contribution < -0.4 is 14.6 Å². The van der Waals surface area contributed by atoms with Crippen LogP contribution in [0.4, 0.5) is 22.0 Å². The van der Waals surface area contributed by atoms with Crippen LogP contribution in [0, 0.1) is 36.8 Å². The fourth-order valence-electron chi connectivity index (χ4n) is 5.79. The lowest BCUT2D eigenvalue weighted by atomic mass is 9.81. The van der Waals surface area contributed by atoms with Crippen molar-refractivity contribution in [3.05, 3.63) is 117 Å². The van der Waals surface area contributed by atoms with Gasteiger partial charge in [0.2, 0.25) is 6.33 Å². The molecular formula is C36H32F5N6O4S+. The van der Waals surface area contributed by atoms with Gasteiger partial charge in [0.05, 0.1) is 36.3 Å². The number of rotatable bonds is 12. The zero-order valence-electron chi connectivity index (χ0n) is 28.3. The van der Waals surface area contributed by atoms with Crippen LogP contribution in [0.3, 0.4) is 0 Å². The average molecular weight is 740 g/mol. The maximum absolute atomic E-state index is 15.7. The van der Waals surface area contributed by atoms with Crippen LogP contribution >= 0.6 is 11.3 Å². The van der Waals surface area contributed by atoms with Crippen molar-refractivity contribution in [2.75, 3.05) is 13.6 Å². The number of halogens is 5. The number of nitrogens with zero attached hydrogens (tertiary/aromatic N) is 5. The minimum Gasteiger partial charge on any atom is -0.443 e. The molecule has 0 aliphatic heterocycles. The van der Waals surface area contributed by atoms with E-state index in [9.17, 15) is 27.2 Å². The van der Waals surface area contributed by atoms with Gasteiger partial charge in [-0.25, -0.2) is 23.1 Å². The summed E-state index contributed by atoms with van der Waals surface area (Å²) in [5, 5.41) is 18.0. The molecule has 0 spiro atoms. The highest BCUT2D eigenvalue weighted by Gasteiger charge is 2.53. The van der Waals surface area contributed by atoms with Crippen molar-refractivity contribution in [1.29, 1.82) is 5.26 Å². The average Bonchev–Trinajstić information content (AvgIpc) is 3.75. The first-order chi connectivity index (χ1) is 24.6. The maximum atomic E-state index is 15.7. The normalized spacial score (nSPS) is 13.2. The number of likely N-dealkylation sites (N-methyl/N-ethyl adjacent to an activating group) is 1. The molecule has 0 amide bonds. The Kier molecular flexibility index (Phi) is 11.2. The van der Waals surface area contributed by atoms with Crippen LogP contribution in [0.25, 0.3) is 11.3 Å². The first-order valence-corrected chi connectivity index (χ1v) is 16.6. The largest absolute Gasteiger partial charge is 0.490 e. The third kappa shape index (κ3) is 8.32. The molecule has 3 aromatic carbocycles. The number of esters is 2. The number of aromatic nitrogens is 4. The van der Waals surface area contributed by atoms with Gasteiger partial charge in [-0.3, -0.25) is 4.79 Å². The first-order valence-electron chi connectivity index (χ1n) is 15.7. The second kappa shape index (κ2) is 15.4. The Morgan fingerprint density at radius 3 is 2.38 bits per heavy atom. The van der Waals surface area contributed by atoms with E-state index in [0.29, 0.717) is 39.8 Å². The molecular weight excluding hydrogens is 707 g/mol. The zero-order chi connectivity index (χ0) is 37.8. The fraction of sp³-hybridized carbons (Fsp3) is 0.278. The number of hydrogen-bond acceptors (Lipinski definition) is 9. The number of carbonyl (C=O) groups is 2. The topological polar surface area (TPSA) is 123 Å². The number of nitrogens with one attached hydrogen (secondary N) is 1. The monoisotopic (exact) mass is 739 g/mol. The lowest BCUT2D eigenvalue weighted by Gasteiger charge is -2.36. The summed E-state index contributed by atoms with van der Waals surface area (Å²) in [4.78, 5) is 29.3. The van der Waals surface area contributed by atoms with Crippen molar-refractivity contribution in [3.8, 4) is 23.1 Å². The molecule has 5 rings (SSSR count). The van der Waals surface area contributed by atoms with Crippen molar-refractivity contribution >= 4 is 23.3 Å². The predicted octanol–water partition coefficient (Wildman–Crippen LogP) is 6.04. The first kappa shape index (κ1) is 37.7. The van der Waals surface area contributed by atoms with Gasteiger partial charge in [-0.2, -0.15) is 18.4 Å². The summed E-state index contributed by atoms with van der Waals surface area (Å²) in [5.41, 5.74) is 0.607. The lowest BCUT2D eigenvalue weighted by molar-refractivity contribution is -0.689. The van der Waals surface area contributed by atoms with E-state index in [1.165, 1.54) is 24.3 Å². The Balaban J connectivity index is 1.55. The van der Waals surface area contributed by atoms with Gasteiger partial charge in [-0.05, 0) is 74.0 Å². The van der Waals surface area contributed by atoms with Crippen molar-refractivity contribution in [3.63, 3.8) is 0 Å². The van der Waals surface area contributed by atoms with Crippen LogP contribution in [0.5, 0.6) is 5.75 Å². The standard InChI is InChI=1S/C36H32F5N6O4S/c1-21-11-25(12-22(2)32(21)50-31(48)15-43-4)16-46-19-44-47(20-46)18-35(51-34(49)36(39,40)41,28-10-9-27(37)13-29(28)38)23(3)33-45-30(17-52-33)26-7-5-24(14-42)6-8-26/h5-13,17,19-20,23,43H,15-16,18H2,1-4H3/q+1/t23-,35+/m0/s1. The van der Waals surface area contributed by atoms with E-state index in [0.717, 1.165) is 29.0 Å². The molecule has 2 heterocycles. The molecule has 270 valence electrons. The highest BCUT2D eigenvalue weighted by atomic mass is 32.1. The number of thiazole rings is 1. The lowest BCUT2D eigenvalue weighted by Crippen LogP contribution is -2.45. The number of alkyl halides is 3. The van der Waals surface area contributed by atoms with Crippen LogP contribution in [-0.4, -0.2) is 46.5 Å². The maximum Gasteiger partial charge on any atom is 0.490 e. The Hall–Kier alpha value is -5.53. The molecule has 0 aliphatic carbocycles. The SMILES string of the molecule is CNCC(=O)Oc1c(C)cc(C[n+]2cnn(C[C@](OC(=O)C(F)(F)F)(c3ccc(F)cc3F)[C@@H](C)c3nc(-c4ccc(C#N)cc4)cs3)c2)cc1C. The van der Waals surface area contributed by atoms with Gasteiger partial charge in [0.15, 0.2) is 5.60 Å². The number of aryl methyl sites for hydroxylation is 2. The van der Waals surface area contributed by atoms with Crippen LogP contribution in [0.2, 0.25) is 0 Å². The van der Waals surface area contributed by atoms with Gasteiger partial charge >= 0.3 is 18.1 Å². The minimum atomic E-state index is -5.47. The summed E-state index contributed by atoms with van der Waals surface area (Å²) in [6.45, 7) is 4.61. The van der Waals surface area contributed by atoms with Gasteiger partial charge in [0.25, 0.3) is 6.33 Å². The van der Waals surface area contributed by atoms with Crippen molar-refractivity contribution in [2.45, 2.75) is 51.6 Å². The zero-order valence-corrected chi connectivity index (χ0v) is 29.1. The molecule has 10 nitrogen and oxygen atoms in total. The molecule has 0 bridgehead atoms. The summed E-state index contributed by atoms with van der Waals surface area (Å²) in [7, 11) is 1.62. The number of carbonyl (C=O) groups excluding carboxylic acids is 2. The summed E-state index contributed by atoms with van der Waals surface area (Å²) in [5.74, 6) is -6.10. The Labute approximate surface area is 299 Å². The molecule has 0 aliphatic rings. The molecule has 0 radical (unpaired) electrons. The predicted molar refractivity (Wildman–Crippen MR) is 178 cm³/mol. The summed E-state index contributed by atoms with van der Waals surface area (Å²) in [6.07, 6.45) is -2.63. The third-order valence-electron chi connectivity index (χ3n) is 8.24. The molecule has 0 fully saturated rings. The van der Waals surface area contributed by atoms with E-state index in [2.05, 4.69) is 15.4 Å². The number of benzene rings is 3. The minimum absolute atomic E-state index is 0.0245. The van der Waals surface area contributed by atoms with Gasteiger partial charge in [-0.1, -0.05) is 19.1 Å². The molecule has 5 aromatic rings. The van der Waals surface area contributed by atoms with Crippen molar-refractivity contribution in [1.82, 2.24) is 20.1 Å². The molecule has 2 aromatic heterocycles. The van der Waals surface area contributed by atoms with Crippen LogP contribution in [0.1, 0.15) is 45.7 Å². The molecule has 0 saturated heterocycles. The van der Waals surface area contributed by atoms with E-state index < -0.39 is 53.4 Å². The van der Waals surface area contributed by atoms with E-state index in [1.807, 2.05) is 6.07 Å². The van der Waals surface area contributed by atoms with Gasteiger partial charge in [0, 0.05) is 27.7 Å². The Morgan fingerprint density at radius 1 is 1.08 bits per heavy atom. The quantitative estimate of drug-likeness (QED) is 0.0712. The van der Waals surface area contributed by atoms with Gasteiger partial charge < -0.3 is 14.8 Å². The molecule has 2 atom stereocenters. The fourth-order valence-corrected chi connectivity index (χ4v) is 6.75.